The van der Waals surface area contributed by atoms with Crippen LogP contribution in [0.3, 0.4) is 0 Å². The van der Waals surface area contributed by atoms with Crippen LogP contribution in [-0.4, -0.2) is 36.4 Å². The van der Waals surface area contributed by atoms with Crippen molar-refractivity contribution in [1.29, 1.82) is 0 Å². The Morgan fingerprint density at radius 2 is 1.62 bits per heavy atom. The maximum atomic E-state index is 12.4. The molecule has 7 nitrogen and oxygen atoms in total. The van der Waals surface area contributed by atoms with Gasteiger partial charge in [0.25, 0.3) is 5.91 Å². The van der Waals surface area contributed by atoms with Crippen LogP contribution in [0, 0.1) is 13.8 Å². The first kappa shape index (κ1) is 20.1. The summed E-state index contributed by atoms with van der Waals surface area (Å²) in [6, 6.07) is 16.6. The molecule has 2 N–H and O–H groups in total. The molecule has 0 radical (unpaired) electrons. The van der Waals surface area contributed by atoms with E-state index in [1.165, 1.54) is 0 Å². The van der Waals surface area contributed by atoms with E-state index in [9.17, 15) is 4.79 Å². The monoisotopic (exact) mass is 392 g/mol. The van der Waals surface area contributed by atoms with Gasteiger partial charge in [-0.25, -0.2) is 0 Å². The quantitative estimate of drug-likeness (QED) is 0.567. The molecule has 3 rings (SSSR count). The van der Waals surface area contributed by atoms with Gasteiger partial charge < -0.3 is 20.1 Å². The number of methoxy groups -OCH3 is 1. The number of benzene rings is 2. The molecule has 0 saturated carbocycles. The van der Waals surface area contributed by atoms with E-state index in [2.05, 4.69) is 20.8 Å². The lowest BCUT2D eigenvalue weighted by Crippen LogP contribution is -2.17. The summed E-state index contributed by atoms with van der Waals surface area (Å²) in [5.74, 6) is 1.83. The molecule has 0 atom stereocenters. The molecule has 0 aliphatic rings. The van der Waals surface area contributed by atoms with Gasteiger partial charge in [-0.1, -0.05) is 18.2 Å². The normalized spacial score (nSPS) is 10.3. The van der Waals surface area contributed by atoms with Crippen molar-refractivity contribution in [3.63, 3.8) is 0 Å². The number of nitrogens with zero attached hydrogens (tertiary/aromatic N) is 2. The number of anilines is 2. The number of carbonyl (C=O) groups is 1. The van der Waals surface area contributed by atoms with Crippen LogP contribution in [0.1, 0.15) is 21.6 Å². The van der Waals surface area contributed by atoms with E-state index < -0.39 is 0 Å². The van der Waals surface area contributed by atoms with Crippen LogP contribution in [0.25, 0.3) is 0 Å². The molecule has 0 fully saturated rings. The summed E-state index contributed by atoms with van der Waals surface area (Å²) >= 11 is 0. The zero-order chi connectivity index (χ0) is 20.6. The number of nitrogens with one attached hydrogen (secondary N) is 2. The standard InChI is InChI=1S/C22H24N4O3/c1-15-5-4-6-16(2)21(15)24-22(27)19-11-12-20(26-25-19)23-13-14-29-18-9-7-17(28-3)8-10-18/h4-12H,13-14H2,1-3H3,(H,23,26)(H,24,27). The van der Waals surface area contributed by atoms with E-state index in [4.69, 9.17) is 9.47 Å². The van der Waals surface area contributed by atoms with Gasteiger partial charge in [0, 0.05) is 5.69 Å². The molecule has 2 aromatic carbocycles. The third kappa shape index (κ3) is 5.44. The van der Waals surface area contributed by atoms with Crippen LogP contribution >= 0.6 is 0 Å². The lowest BCUT2D eigenvalue weighted by Gasteiger charge is -2.11. The van der Waals surface area contributed by atoms with Crippen LogP contribution < -0.4 is 20.1 Å². The number of amides is 1. The number of hydrogen-bond donors (Lipinski definition) is 2. The molecule has 0 aliphatic heterocycles. The molecule has 0 spiro atoms. The Morgan fingerprint density at radius 3 is 2.24 bits per heavy atom. The predicted molar refractivity (Wildman–Crippen MR) is 113 cm³/mol. The van der Waals surface area contributed by atoms with Gasteiger partial charge in [0.2, 0.25) is 0 Å². The van der Waals surface area contributed by atoms with Gasteiger partial charge in [-0.2, -0.15) is 0 Å². The molecule has 0 aliphatic carbocycles. The topological polar surface area (TPSA) is 85.4 Å². The SMILES string of the molecule is COc1ccc(OCCNc2ccc(C(=O)Nc3c(C)cccc3C)nn2)cc1. The van der Waals surface area contributed by atoms with Crippen molar-refractivity contribution in [1.82, 2.24) is 10.2 Å². The summed E-state index contributed by atoms with van der Waals surface area (Å²) in [4.78, 5) is 12.4. The second kappa shape index (κ2) is 9.54. The van der Waals surface area contributed by atoms with Crippen molar-refractivity contribution in [3.05, 3.63) is 71.4 Å². The average molecular weight is 392 g/mol. The summed E-state index contributed by atoms with van der Waals surface area (Å²) in [6.45, 7) is 4.92. The Hall–Kier alpha value is -3.61. The maximum Gasteiger partial charge on any atom is 0.276 e. The van der Waals surface area contributed by atoms with Crippen molar-refractivity contribution < 1.29 is 14.3 Å². The van der Waals surface area contributed by atoms with Crippen LogP contribution in [0.5, 0.6) is 11.5 Å². The van der Waals surface area contributed by atoms with E-state index in [1.54, 1.807) is 19.2 Å². The zero-order valence-corrected chi connectivity index (χ0v) is 16.7. The van der Waals surface area contributed by atoms with Crippen molar-refractivity contribution in [2.24, 2.45) is 0 Å². The van der Waals surface area contributed by atoms with E-state index >= 15 is 0 Å². The van der Waals surface area contributed by atoms with Gasteiger partial charge in [-0.05, 0) is 61.4 Å². The Balaban J connectivity index is 1.48. The van der Waals surface area contributed by atoms with Crippen molar-refractivity contribution in [3.8, 4) is 11.5 Å². The van der Waals surface area contributed by atoms with Gasteiger partial charge in [-0.3, -0.25) is 4.79 Å². The smallest absolute Gasteiger partial charge is 0.276 e. The van der Waals surface area contributed by atoms with E-state index in [0.29, 0.717) is 19.0 Å². The first-order valence-corrected chi connectivity index (χ1v) is 9.29. The number of aryl methyl sites for hydroxylation is 2. The summed E-state index contributed by atoms with van der Waals surface area (Å²) < 4.78 is 10.8. The third-order valence-electron chi connectivity index (χ3n) is 4.35. The second-order valence-electron chi connectivity index (χ2n) is 6.48. The van der Waals surface area contributed by atoms with Gasteiger partial charge in [0.15, 0.2) is 5.69 Å². The molecule has 1 aromatic heterocycles. The fourth-order valence-electron chi connectivity index (χ4n) is 2.76. The minimum atomic E-state index is -0.288. The summed E-state index contributed by atoms with van der Waals surface area (Å²) in [5.41, 5.74) is 3.06. The Kier molecular flexibility index (Phi) is 6.63. The Bertz CT molecular complexity index is 937. The summed E-state index contributed by atoms with van der Waals surface area (Å²) in [7, 11) is 1.62. The van der Waals surface area contributed by atoms with Gasteiger partial charge in [-0.15, -0.1) is 10.2 Å². The molecule has 0 saturated heterocycles. The van der Waals surface area contributed by atoms with Crippen LogP contribution in [0.2, 0.25) is 0 Å². The molecular formula is C22H24N4O3. The minimum absolute atomic E-state index is 0.257. The van der Waals surface area contributed by atoms with Crippen LogP contribution in [-0.2, 0) is 0 Å². The molecule has 1 heterocycles. The second-order valence-corrected chi connectivity index (χ2v) is 6.48. The number of carbonyl (C=O) groups excluding carboxylic acids is 1. The highest BCUT2D eigenvalue weighted by Crippen LogP contribution is 2.20. The minimum Gasteiger partial charge on any atom is -0.497 e. The highest BCUT2D eigenvalue weighted by atomic mass is 16.5. The molecule has 0 bridgehead atoms. The average Bonchev–Trinajstić information content (AvgIpc) is 2.74. The van der Waals surface area contributed by atoms with Crippen molar-refractivity contribution in [2.75, 3.05) is 30.9 Å². The molecule has 3 aromatic rings. The number of hydrogen-bond acceptors (Lipinski definition) is 6. The largest absolute Gasteiger partial charge is 0.497 e. The number of para-hydroxylation sites is 1. The Labute approximate surface area is 170 Å². The van der Waals surface area contributed by atoms with E-state index in [1.807, 2.05) is 56.3 Å². The van der Waals surface area contributed by atoms with Crippen LogP contribution in [0.15, 0.2) is 54.6 Å². The summed E-state index contributed by atoms with van der Waals surface area (Å²) in [5, 5.41) is 14.1. The summed E-state index contributed by atoms with van der Waals surface area (Å²) in [6.07, 6.45) is 0. The van der Waals surface area contributed by atoms with E-state index in [-0.39, 0.29) is 11.6 Å². The van der Waals surface area contributed by atoms with Gasteiger partial charge in [0.05, 0.1) is 13.7 Å². The lowest BCUT2D eigenvalue weighted by molar-refractivity contribution is 0.102. The first-order valence-electron chi connectivity index (χ1n) is 9.29. The van der Waals surface area contributed by atoms with Crippen LogP contribution in [0.4, 0.5) is 11.5 Å². The zero-order valence-electron chi connectivity index (χ0n) is 16.7. The predicted octanol–water partition coefficient (Wildman–Crippen LogP) is 3.85. The number of ether oxygens (including phenoxy) is 2. The molecule has 0 unspecified atom stereocenters. The lowest BCUT2D eigenvalue weighted by atomic mass is 10.1. The van der Waals surface area contributed by atoms with Gasteiger partial charge in [0.1, 0.15) is 23.9 Å². The number of aromatic nitrogens is 2. The molecular weight excluding hydrogens is 368 g/mol. The number of rotatable bonds is 8. The molecule has 150 valence electrons. The van der Waals surface area contributed by atoms with Crippen molar-refractivity contribution >= 4 is 17.4 Å². The highest BCUT2D eigenvalue weighted by molar-refractivity contribution is 6.03. The van der Waals surface area contributed by atoms with Gasteiger partial charge >= 0.3 is 0 Å². The van der Waals surface area contributed by atoms with Crippen molar-refractivity contribution in [2.45, 2.75) is 13.8 Å². The third-order valence-corrected chi connectivity index (χ3v) is 4.35. The fourth-order valence-corrected chi connectivity index (χ4v) is 2.76. The highest BCUT2D eigenvalue weighted by Gasteiger charge is 2.11. The molecule has 7 heteroatoms. The molecule has 1 amide bonds. The first-order chi connectivity index (χ1) is 14.1. The molecule has 29 heavy (non-hydrogen) atoms. The fraction of sp³-hybridized carbons (Fsp3) is 0.227. The Morgan fingerprint density at radius 1 is 0.931 bits per heavy atom. The maximum absolute atomic E-state index is 12.4. The van der Waals surface area contributed by atoms with E-state index in [0.717, 1.165) is 28.3 Å².